The molecule has 0 unspecified atom stereocenters. The van der Waals surface area contributed by atoms with Crippen molar-refractivity contribution in [3.05, 3.63) is 34.9 Å². The molecule has 1 rings (SSSR count). The van der Waals surface area contributed by atoms with Gasteiger partial charge in [0, 0.05) is 5.56 Å². The minimum atomic E-state index is -0.985. The van der Waals surface area contributed by atoms with Gasteiger partial charge in [-0.25, -0.2) is 4.79 Å². The first-order valence-corrected chi connectivity index (χ1v) is 6.22. The highest BCUT2D eigenvalue weighted by Gasteiger charge is 2.11. The van der Waals surface area contributed by atoms with Gasteiger partial charge in [0.15, 0.2) is 0 Å². The number of hydrogen-bond donors (Lipinski definition) is 2. The molecule has 0 aromatic heterocycles. The van der Waals surface area contributed by atoms with Gasteiger partial charge < -0.3 is 10.8 Å². The average Bonchev–Trinajstić information content (AvgIpc) is 2.34. The summed E-state index contributed by atoms with van der Waals surface area (Å²) in [6, 6.07) is 4.47. The van der Waals surface area contributed by atoms with E-state index in [0.29, 0.717) is 12.0 Å². The van der Waals surface area contributed by atoms with E-state index in [9.17, 15) is 9.59 Å². The Kier molecular flexibility index (Phi) is 5.36. The molecule has 0 saturated carbocycles. The van der Waals surface area contributed by atoms with Crippen LogP contribution in [0.2, 0.25) is 0 Å². The molecular weight excluding hydrogens is 230 g/mol. The van der Waals surface area contributed by atoms with E-state index in [2.05, 4.69) is 6.92 Å². The van der Waals surface area contributed by atoms with Gasteiger partial charge in [-0.1, -0.05) is 26.2 Å². The van der Waals surface area contributed by atoms with Crippen LogP contribution < -0.4 is 5.73 Å². The first-order valence-electron chi connectivity index (χ1n) is 6.22. The van der Waals surface area contributed by atoms with Crippen LogP contribution in [0.5, 0.6) is 0 Å². The number of aryl methyl sites for hydroxylation is 1. The van der Waals surface area contributed by atoms with Gasteiger partial charge in [-0.15, -0.1) is 0 Å². The van der Waals surface area contributed by atoms with Crippen molar-refractivity contribution < 1.29 is 14.7 Å². The lowest BCUT2D eigenvalue weighted by Crippen LogP contribution is -2.14. The van der Waals surface area contributed by atoms with Gasteiger partial charge >= 0.3 is 5.97 Å². The first kappa shape index (κ1) is 14.2. The highest BCUT2D eigenvalue weighted by atomic mass is 16.4. The van der Waals surface area contributed by atoms with Crippen LogP contribution in [-0.4, -0.2) is 17.0 Å². The molecule has 0 aliphatic rings. The standard InChI is InChI=1S/C14H19NO3/c1-2-3-4-5-6-10-9-11(14(17)18)7-8-12(10)13(15)16/h7-9H,2-6H2,1H3,(H2,15,16)(H,17,18). The predicted molar refractivity (Wildman–Crippen MR) is 69.8 cm³/mol. The van der Waals surface area contributed by atoms with Crippen molar-refractivity contribution in [3.8, 4) is 0 Å². The molecule has 1 aromatic carbocycles. The maximum absolute atomic E-state index is 11.3. The number of carbonyl (C=O) groups is 2. The second-order valence-electron chi connectivity index (χ2n) is 4.35. The molecule has 0 radical (unpaired) electrons. The van der Waals surface area contributed by atoms with E-state index in [4.69, 9.17) is 10.8 Å². The van der Waals surface area contributed by atoms with Gasteiger partial charge in [0.2, 0.25) is 5.91 Å². The number of aromatic carboxylic acids is 1. The molecule has 1 amide bonds. The van der Waals surface area contributed by atoms with E-state index in [0.717, 1.165) is 31.2 Å². The summed E-state index contributed by atoms with van der Waals surface area (Å²) in [5.41, 5.74) is 6.65. The minimum absolute atomic E-state index is 0.200. The number of nitrogens with two attached hydrogens (primary N) is 1. The lowest BCUT2D eigenvalue weighted by atomic mass is 9.98. The minimum Gasteiger partial charge on any atom is -0.478 e. The molecule has 4 nitrogen and oxygen atoms in total. The number of amides is 1. The van der Waals surface area contributed by atoms with E-state index in [-0.39, 0.29) is 5.56 Å². The summed E-state index contributed by atoms with van der Waals surface area (Å²) < 4.78 is 0. The van der Waals surface area contributed by atoms with Crippen LogP contribution in [0.1, 0.15) is 58.9 Å². The SMILES string of the molecule is CCCCCCc1cc(C(=O)O)ccc1C(N)=O. The normalized spacial score (nSPS) is 10.3. The van der Waals surface area contributed by atoms with E-state index >= 15 is 0 Å². The average molecular weight is 249 g/mol. The number of benzene rings is 1. The summed E-state index contributed by atoms with van der Waals surface area (Å²) in [5, 5.41) is 8.93. The predicted octanol–water partition coefficient (Wildman–Crippen LogP) is 2.61. The molecule has 0 spiro atoms. The Labute approximate surface area is 107 Å². The number of carbonyl (C=O) groups excluding carboxylic acids is 1. The molecule has 3 N–H and O–H groups in total. The molecule has 1 aromatic rings. The third-order valence-corrected chi connectivity index (χ3v) is 2.92. The van der Waals surface area contributed by atoms with Crippen LogP contribution in [0, 0.1) is 0 Å². The Morgan fingerprint density at radius 2 is 1.94 bits per heavy atom. The van der Waals surface area contributed by atoms with Crippen LogP contribution in [0.3, 0.4) is 0 Å². The summed E-state index contributed by atoms with van der Waals surface area (Å²) in [5.74, 6) is -1.49. The number of carboxylic acids is 1. The van der Waals surface area contributed by atoms with Gasteiger partial charge in [0.05, 0.1) is 5.56 Å². The van der Waals surface area contributed by atoms with E-state index in [1.54, 1.807) is 6.07 Å². The lowest BCUT2D eigenvalue weighted by Gasteiger charge is -2.08. The molecular formula is C14H19NO3. The van der Waals surface area contributed by atoms with E-state index in [1.807, 2.05) is 0 Å². The van der Waals surface area contributed by atoms with Gasteiger partial charge in [0.25, 0.3) is 0 Å². The van der Waals surface area contributed by atoms with Crippen molar-refractivity contribution in [2.45, 2.75) is 39.0 Å². The number of hydrogen-bond acceptors (Lipinski definition) is 2. The maximum Gasteiger partial charge on any atom is 0.335 e. The molecule has 18 heavy (non-hydrogen) atoms. The smallest absolute Gasteiger partial charge is 0.335 e. The van der Waals surface area contributed by atoms with Gasteiger partial charge in [-0.2, -0.15) is 0 Å². The lowest BCUT2D eigenvalue weighted by molar-refractivity contribution is 0.0696. The second kappa shape index (κ2) is 6.79. The Hall–Kier alpha value is -1.84. The Morgan fingerprint density at radius 3 is 2.50 bits per heavy atom. The second-order valence-corrected chi connectivity index (χ2v) is 4.35. The fraction of sp³-hybridized carbons (Fsp3) is 0.429. The van der Waals surface area contributed by atoms with Crippen molar-refractivity contribution >= 4 is 11.9 Å². The van der Waals surface area contributed by atoms with Crippen molar-refractivity contribution in [2.75, 3.05) is 0 Å². The van der Waals surface area contributed by atoms with Gasteiger partial charge in [-0.05, 0) is 36.6 Å². The Morgan fingerprint density at radius 1 is 1.22 bits per heavy atom. The summed E-state index contributed by atoms with van der Waals surface area (Å²) in [6.07, 6.45) is 4.99. The monoisotopic (exact) mass is 249 g/mol. The van der Waals surface area contributed by atoms with Crippen LogP contribution in [-0.2, 0) is 6.42 Å². The number of carboxylic acid groups (broad SMARTS) is 1. The zero-order valence-corrected chi connectivity index (χ0v) is 10.6. The van der Waals surface area contributed by atoms with Crippen LogP contribution in [0.4, 0.5) is 0 Å². The number of primary amides is 1. The zero-order chi connectivity index (χ0) is 13.5. The third-order valence-electron chi connectivity index (χ3n) is 2.92. The molecule has 0 fully saturated rings. The summed E-state index contributed by atoms with van der Waals surface area (Å²) in [4.78, 5) is 22.2. The summed E-state index contributed by atoms with van der Waals surface area (Å²) >= 11 is 0. The van der Waals surface area contributed by atoms with Crippen molar-refractivity contribution in [1.29, 1.82) is 0 Å². The molecule has 0 bridgehead atoms. The third kappa shape index (κ3) is 3.87. The van der Waals surface area contributed by atoms with Crippen molar-refractivity contribution in [3.63, 3.8) is 0 Å². The summed E-state index contributed by atoms with van der Waals surface area (Å²) in [7, 11) is 0. The molecule has 4 heteroatoms. The highest BCUT2D eigenvalue weighted by molar-refractivity contribution is 5.96. The van der Waals surface area contributed by atoms with Crippen LogP contribution >= 0.6 is 0 Å². The first-order chi connectivity index (χ1) is 8.56. The zero-order valence-electron chi connectivity index (χ0n) is 10.6. The molecule has 0 heterocycles. The Balaban J connectivity index is 2.86. The van der Waals surface area contributed by atoms with Crippen LogP contribution in [0.15, 0.2) is 18.2 Å². The molecule has 0 aliphatic heterocycles. The molecule has 0 saturated heterocycles. The molecule has 0 atom stereocenters. The van der Waals surface area contributed by atoms with Crippen molar-refractivity contribution in [1.82, 2.24) is 0 Å². The van der Waals surface area contributed by atoms with Crippen LogP contribution in [0.25, 0.3) is 0 Å². The maximum atomic E-state index is 11.3. The number of rotatable bonds is 7. The summed E-state index contributed by atoms with van der Waals surface area (Å²) in [6.45, 7) is 2.12. The van der Waals surface area contributed by atoms with E-state index < -0.39 is 11.9 Å². The number of unbranched alkanes of at least 4 members (excludes halogenated alkanes) is 3. The quantitative estimate of drug-likeness (QED) is 0.729. The molecule has 98 valence electrons. The largest absolute Gasteiger partial charge is 0.478 e. The van der Waals surface area contributed by atoms with Gasteiger partial charge in [-0.3, -0.25) is 4.79 Å². The van der Waals surface area contributed by atoms with E-state index in [1.165, 1.54) is 12.1 Å². The highest BCUT2D eigenvalue weighted by Crippen LogP contribution is 2.16. The van der Waals surface area contributed by atoms with Gasteiger partial charge in [0.1, 0.15) is 0 Å². The fourth-order valence-corrected chi connectivity index (χ4v) is 1.92. The topological polar surface area (TPSA) is 80.4 Å². The fourth-order valence-electron chi connectivity index (χ4n) is 1.92. The van der Waals surface area contributed by atoms with Crippen molar-refractivity contribution in [2.24, 2.45) is 5.73 Å². The Bertz CT molecular complexity index is 441. The molecule has 0 aliphatic carbocycles.